The highest BCUT2D eigenvalue weighted by Gasteiger charge is 2.28. The maximum Gasteiger partial charge on any atom is 0.317 e. The van der Waals surface area contributed by atoms with E-state index in [0.29, 0.717) is 6.04 Å². The molecule has 1 aromatic heterocycles. The number of nitrogens with one attached hydrogen (secondary N) is 2. The minimum absolute atomic E-state index is 0.0957. The van der Waals surface area contributed by atoms with Crippen molar-refractivity contribution in [2.75, 3.05) is 13.1 Å². The van der Waals surface area contributed by atoms with E-state index in [9.17, 15) is 4.79 Å². The zero-order valence-electron chi connectivity index (χ0n) is 12.7. The first kappa shape index (κ1) is 14.4. The third-order valence-electron chi connectivity index (χ3n) is 4.79. The number of H-pyrrole nitrogens is 1. The Bertz CT molecular complexity index is 461. The summed E-state index contributed by atoms with van der Waals surface area (Å²) in [6, 6.07) is 0.449. The van der Waals surface area contributed by atoms with Gasteiger partial charge in [-0.15, -0.1) is 0 Å². The van der Waals surface area contributed by atoms with Crippen LogP contribution in [0.15, 0.2) is 6.33 Å². The Morgan fingerprint density at radius 2 is 2.29 bits per heavy atom. The summed E-state index contributed by atoms with van der Waals surface area (Å²) in [5, 5.41) is 10.1. The minimum Gasteiger partial charge on any atom is -0.335 e. The molecule has 2 fully saturated rings. The van der Waals surface area contributed by atoms with Gasteiger partial charge in [-0.3, -0.25) is 5.10 Å². The second-order valence-electron chi connectivity index (χ2n) is 6.57. The lowest BCUT2D eigenvalue weighted by atomic mass is 9.87. The van der Waals surface area contributed by atoms with Crippen LogP contribution in [0.3, 0.4) is 0 Å². The van der Waals surface area contributed by atoms with Crippen LogP contribution in [-0.4, -0.2) is 45.2 Å². The van der Waals surface area contributed by atoms with Crippen molar-refractivity contribution in [2.24, 2.45) is 5.92 Å². The molecule has 2 N–H and O–H groups in total. The molecule has 116 valence electrons. The fraction of sp³-hybridized carbons (Fsp3) is 0.800. The molecule has 6 heteroatoms. The Hall–Kier alpha value is -1.59. The number of urea groups is 1. The molecule has 2 heterocycles. The second kappa shape index (κ2) is 6.45. The van der Waals surface area contributed by atoms with Gasteiger partial charge in [-0.2, -0.15) is 5.10 Å². The van der Waals surface area contributed by atoms with Crippen LogP contribution in [0.2, 0.25) is 0 Å². The largest absolute Gasteiger partial charge is 0.335 e. The second-order valence-corrected chi connectivity index (χ2v) is 6.57. The summed E-state index contributed by atoms with van der Waals surface area (Å²) in [5.74, 6) is 1.92. The lowest BCUT2D eigenvalue weighted by Gasteiger charge is -2.34. The number of nitrogens with zero attached hydrogens (tertiary/aromatic N) is 3. The number of hydrogen-bond donors (Lipinski definition) is 2. The molecule has 1 aromatic rings. The Kier molecular flexibility index (Phi) is 4.41. The van der Waals surface area contributed by atoms with E-state index in [2.05, 4.69) is 27.4 Å². The van der Waals surface area contributed by atoms with E-state index in [4.69, 9.17) is 0 Å². The van der Waals surface area contributed by atoms with Crippen LogP contribution in [0.4, 0.5) is 4.79 Å². The summed E-state index contributed by atoms with van der Waals surface area (Å²) < 4.78 is 0. The number of rotatable bonds is 2. The van der Waals surface area contributed by atoms with E-state index in [0.717, 1.165) is 50.5 Å². The Morgan fingerprint density at radius 1 is 1.38 bits per heavy atom. The molecular formula is C15H25N5O. The first-order valence-corrected chi connectivity index (χ1v) is 8.13. The van der Waals surface area contributed by atoms with E-state index >= 15 is 0 Å². The summed E-state index contributed by atoms with van der Waals surface area (Å²) >= 11 is 0. The average molecular weight is 291 g/mol. The highest BCUT2D eigenvalue weighted by atomic mass is 16.2. The van der Waals surface area contributed by atoms with Crippen molar-refractivity contribution in [2.45, 2.75) is 57.4 Å². The molecule has 3 rings (SSSR count). The van der Waals surface area contributed by atoms with Crippen molar-refractivity contribution in [1.82, 2.24) is 25.4 Å². The summed E-state index contributed by atoms with van der Waals surface area (Å²) in [6.45, 7) is 3.86. The van der Waals surface area contributed by atoms with Gasteiger partial charge in [0.2, 0.25) is 0 Å². The molecule has 3 unspecified atom stereocenters. The monoisotopic (exact) mass is 291 g/mol. The Balaban J connectivity index is 1.54. The van der Waals surface area contributed by atoms with E-state index in [1.165, 1.54) is 19.2 Å². The van der Waals surface area contributed by atoms with Gasteiger partial charge in [0, 0.05) is 25.0 Å². The molecule has 0 bridgehead atoms. The number of hydrogen-bond acceptors (Lipinski definition) is 3. The number of aromatic amines is 1. The molecular weight excluding hydrogens is 266 g/mol. The molecule has 1 saturated heterocycles. The topological polar surface area (TPSA) is 73.9 Å². The van der Waals surface area contributed by atoms with Crippen LogP contribution in [-0.2, 0) is 0 Å². The molecule has 21 heavy (non-hydrogen) atoms. The molecule has 0 radical (unpaired) electrons. The van der Waals surface area contributed by atoms with Crippen LogP contribution >= 0.6 is 0 Å². The molecule has 0 spiro atoms. The molecule has 6 nitrogen and oxygen atoms in total. The lowest BCUT2D eigenvalue weighted by molar-refractivity contribution is 0.169. The third-order valence-corrected chi connectivity index (χ3v) is 4.79. The van der Waals surface area contributed by atoms with Gasteiger partial charge in [0.05, 0.1) is 0 Å². The van der Waals surface area contributed by atoms with Gasteiger partial charge in [0.1, 0.15) is 12.2 Å². The van der Waals surface area contributed by atoms with E-state index in [1.54, 1.807) is 0 Å². The van der Waals surface area contributed by atoms with Gasteiger partial charge >= 0.3 is 6.03 Å². The summed E-state index contributed by atoms with van der Waals surface area (Å²) in [7, 11) is 0. The first-order valence-electron chi connectivity index (χ1n) is 8.13. The van der Waals surface area contributed by atoms with E-state index in [1.807, 2.05) is 4.90 Å². The van der Waals surface area contributed by atoms with Crippen molar-refractivity contribution in [3.05, 3.63) is 12.2 Å². The zero-order valence-corrected chi connectivity index (χ0v) is 12.7. The molecule has 3 atom stereocenters. The molecule has 1 aliphatic heterocycles. The van der Waals surface area contributed by atoms with Crippen molar-refractivity contribution < 1.29 is 4.79 Å². The lowest BCUT2D eigenvalue weighted by Crippen LogP contribution is -2.49. The fourth-order valence-electron chi connectivity index (χ4n) is 3.63. The van der Waals surface area contributed by atoms with Gasteiger partial charge in [-0.1, -0.05) is 19.8 Å². The van der Waals surface area contributed by atoms with Crippen LogP contribution in [0.5, 0.6) is 0 Å². The van der Waals surface area contributed by atoms with Crippen molar-refractivity contribution >= 4 is 6.03 Å². The van der Waals surface area contributed by atoms with Gasteiger partial charge < -0.3 is 10.2 Å². The van der Waals surface area contributed by atoms with Crippen molar-refractivity contribution in [3.63, 3.8) is 0 Å². The van der Waals surface area contributed by atoms with Crippen LogP contribution in [0, 0.1) is 5.92 Å². The highest BCUT2D eigenvalue weighted by molar-refractivity contribution is 5.74. The van der Waals surface area contributed by atoms with Crippen LogP contribution < -0.4 is 5.32 Å². The molecule has 1 aliphatic carbocycles. The van der Waals surface area contributed by atoms with Gasteiger partial charge in [0.15, 0.2) is 0 Å². The number of piperidine rings is 1. The maximum atomic E-state index is 12.5. The first-order chi connectivity index (χ1) is 10.2. The number of carbonyl (C=O) groups is 1. The Labute approximate surface area is 125 Å². The number of likely N-dealkylation sites (tertiary alicyclic amines) is 1. The third kappa shape index (κ3) is 3.54. The van der Waals surface area contributed by atoms with Gasteiger partial charge in [0.25, 0.3) is 0 Å². The van der Waals surface area contributed by atoms with Crippen molar-refractivity contribution in [1.29, 1.82) is 0 Å². The quantitative estimate of drug-likeness (QED) is 0.878. The van der Waals surface area contributed by atoms with E-state index in [-0.39, 0.29) is 11.9 Å². The smallest absolute Gasteiger partial charge is 0.317 e. The normalized spacial score (nSPS) is 30.1. The van der Waals surface area contributed by atoms with Crippen LogP contribution in [0.1, 0.15) is 57.2 Å². The molecule has 2 amide bonds. The number of aromatic nitrogens is 3. The maximum absolute atomic E-state index is 12.5. The average Bonchev–Trinajstić information content (AvgIpc) is 3.02. The zero-order chi connectivity index (χ0) is 14.7. The molecule has 0 aromatic carbocycles. The standard InChI is InChI=1S/C15H25N5O/c1-11-4-2-6-13(8-11)18-15(21)20-7-3-5-12(9-20)14-16-10-17-19-14/h10-13H,2-9H2,1H3,(H,18,21)(H,16,17,19). The van der Waals surface area contributed by atoms with Gasteiger partial charge in [-0.25, -0.2) is 9.78 Å². The van der Waals surface area contributed by atoms with Crippen molar-refractivity contribution in [3.8, 4) is 0 Å². The number of amides is 2. The van der Waals surface area contributed by atoms with Gasteiger partial charge in [-0.05, 0) is 31.6 Å². The fourth-order valence-corrected chi connectivity index (χ4v) is 3.63. The summed E-state index contributed by atoms with van der Waals surface area (Å²) in [5.41, 5.74) is 0. The SMILES string of the molecule is CC1CCCC(NC(=O)N2CCCC(c3ncn[nH]3)C2)C1. The predicted octanol–water partition coefficient (Wildman–Crippen LogP) is 2.27. The highest BCUT2D eigenvalue weighted by Crippen LogP contribution is 2.26. The number of carbonyl (C=O) groups excluding carboxylic acids is 1. The Morgan fingerprint density at radius 3 is 3.05 bits per heavy atom. The minimum atomic E-state index is 0.0957. The molecule has 2 aliphatic rings. The van der Waals surface area contributed by atoms with Crippen LogP contribution in [0.25, 0.3) is 0 Å². The summed E-state index contributed by atoms with van der Waals surface area (Å²) in [4.78, 5) is 18.6. The van der Waals surface area contributed by atoms with E-state index < -0.39 is 0 Å². The predicted molar refractivity (Wildman–Crippen MR) is 79.9 cm³/mol. The summed E-state index contributed by atoms with van der Waals surface area (Å²) in [6.07, 6.45) is 8.40. The molecule has 1 saturated carbocycles.